The minimum absolute atomic E-state index is 0.380. The van der Waals surface area contributed by atoms with Crippen molar-refractivity contribution in [1.29, 1.82) is 0 Å². The van der Waals surface area contributed by atoms with Gasteiger partial charge in [0, 0.05) is 31.6 Å². The third kappa shape index (κ3) is 1.83. The van der Waals surface area contributed by atoms with Crippen LogP contribution in [-0.4, -0.2) is 31.3 Å². The summed E-state index contributed by atoms with van der Waals surface area (Å²) in [5, 5.41) is 15.7. The van der Waals surface area contributed by atoms with Gasteiger partial charge in [0.15, 0.2) is 0 Å². The topological polar surface area (TPSA) is 35.5 Å². The van der Waals surface area contributed by atoms with E-state index < -0.39 is 0 Å². The molecule has 0 atom stereocenters. The van der Waals surface area contributed by atoms with Crippen molar-refractivity contribution < 1.29 is 5.11 Å². The van der Waals surface area contributed by atoms with Crippen molar-refractivity contribution in [1.82, 2.24) is 5.32 Å². The van der Waals surface area contributed by atoms with E-state index in [-0.39, 0.29) is 0 Å². The Labute approximate surface area is 101 Å². The zero-order chi connectivity index (χ0) is 11.7. The molecule has 88 valence electrons. The fourth-order valence-corrected chi connectivity index (χ4v) is 2.46. The van der Waals surface area contributed by atoms with Gasteiger partial charge in [-0.15, -0.1) is 0 Å². The minimum Gasteiger partial charge on any atom is -0.506 e. The smallest absolute Gasteiger partial charge is 0.139 e. The normalized spacial score (nSPS) is 16.4. The second-order valence-electron chi connectivity index (χ2n) is 4.39. The Kier molecular flexibility index (Phi) is 2.61. The lowest BCUT2D eigenvalue weighted by Crippen LogP contribution is -2.43. The first-order valence-electron chi connectivity index (χ1n) is 6.02. The number of phenols is 1. The van der Waals surface area contributed by atoms with Crippen LogP contribution >= 0.6 is 0 Å². The van der Waals surface area contributed by atoms with Gasteiger partial charge in [0.2, 0.25) is 0 Å². The van der Waals surface area contributed by atoms with Crippen molar-refractivity contribution in [3.05, 3.63) is 36.4 Å². The Morgan fingerprint density at radius 1 is 1.00 bits per heavy atom. The molecule has 1 aliphatic heterocycles. The summed E-state index contributed by atoms with van der Waals surface area (Å²) in [5.74, 6) is 0.380. The quantitative estimate of drug-likeness (QED) is 0.783. The predicted molar refractivity (Wildman–Crippen MR) is 70.7 cm³/mol. The molecule has 0 amide bonds. The summed E-state index contributed by atoms with van der Waals surface area (Å²) in [7, 11) is 0. The Balaban J connectivity index is 2.15. The number of aromatic hydroxyl groups is 1. The van der Waals surface area contributed by atoms with Gasteiger partial charge < -0.3 is 15.3 Å². The van der Waals surface area contributed by atoms with Crippen molar-refractivity contribution in [2.75, 3.05) is 31.1 Å². The molecule has 0 bridgehead atoms. The number of nitrogens with zero attached hydrogens (tertiary/aromatic N) is 1. The van der Waals surface area contributed by atoms with Crippen LogP contribution in [0.15, 0.2) is 36.4 Å². The highest BCUT2D eigenvalue weighted by Gasteiger charge is 2.16. The number of rotatable bonds is 1. The van der Waals surface area contributed by atoms with E-state index in [2.05, 4.69) is 22.3 Å². The molecule has 0 saturated carbocycles. The molecule has 1 fully saturated rings. The third-order valence-electron chi connectivity index (χ3n) is 3.31. The molecule has 2 N–H and O–H groups in total. The van der Waals surface area contributed by atoms with Crippen LogP contribution in [0.2, 0.25) is 0 Å². The van der Waals surface area contributed by atoms with E-state index in [0.29, 0.717) is 5.75 Å². The molecule has 3 heteroatoms. The molecule has 0 aliphatic carbocycles. The summed E-state index contributed by atoms with van der Waals surface area (Å²) < 4.78 is 0. The molecule has 2 aromatic rings. The second-order valence-corrected chi connectivity index (χ2v) is 4.39. The highest BCUT2D eigenvalue weighted by Crippen LogP contribution is 2.35. The van der Waals surface area contributed by atoms with Gasteiger partial charge in [-0.1, -0.05) is 30.3 Å². The third-order valence-corrected chi connectivity index (χ3v) is 3.31. The van der Waals surface area contributed by atoms with E-state index in [1.807, 2.05) is 18.2 Å². The van der Waals surface area contributed by atoms with Gasteiger partial charge in [-0.2, -0.15) is 0 Å². The molecule has 3 nitrogen and oxygen atoms in total. The zero-order valence-corrected chi connectivity index (χ0v) is 9.69. The van der Waals surface area contributed by atoms with Crippen molar-refractivity contribution >= 4 is 16.5 Å². The van der Waals surface area contributed by atoms with Gasteiger partial charge in [-0.3, -0.25) is 0 Å². The first-order valence-corrected chi connectivity index (χ1v) is 6.02. The van der Waals surface area contributed by atoms with Gasteiger partial charge in [0.1, 0.15) is 5.75 Å². The maximum atomic E-state index is 10.1. The number of hydrogen-bond donors (Lipinski definition) is 2. The van der Waals surface area contributed by atoms with Crippen LogP contribution in [0.25, 0.3) is 10.8 Å². The molecule has 1 saturated heterocycles. The van der Waals surface area contributed by atoms with E-state index in [4.69, 9.17) is 0 Å². The zero-order valence-electron chi connectivity index (χ0n) is 9.69. The fraction of sp³-hybridized carbons (Fsp3) is 0.286. The molecule has 0 unspecified atom stereocenters. The average Bonchev–Trinajstić information content (AvgIpc) is 2.39. The molecule has 3 rings (SSSR count). The fourth-order valence-electron chi connectivity index (χ4n) is 2.46. The van der Waals surface area contributed by atoms with E-state index in [1.54, 1.807) is 6.07 Å². The minimum atomic E-state index is 0.380. The Bertz CT molecular complexity index is 533. The Hall–Kier alpha value is -1.74. The van der Waals surface area contributed by atoms with Crippen LogP contribution in [0, 0.1) is 0 Å². The highest BCUT2D eigenvalue weighted by atomic mass is 16.3. The van der Waals surface area contributed by atoms with E-state index in [9.17, 15) is 5.11 Å². The lowest BCUT2D eigenvalue weighted by molar-refractivity contribution is 0.471. The summed E-state index contributed by atoms with van der Waals surface area (Å²) in [4.78, 5) is 2.26. The van der Waals surface area contributed by atoms with E-state index in [0.717, 1.165) is 37.3 Å². The van der Waals surface area contributed by atoms with Gasteiger partial charge >= 0.3 is 0 Å². The van der Waals surface area contributed by atoms with Crippen molar-refractivity contribution in [2.45, 2.75) is 0 Å². The first kappa shape index (κ1) is 10.4. The van der Waals surface area contributed by atoms with Crippen molar-refractivity contribution in [3.8, 4) is 5.75 Å². The number of hydrogen-bond acceptors (Lipinski definition) is 3. The van der Waals surface area contributed by atoms with Crippen molar-refractivity contribution in [2.24, 2.45) is 0 Å². The van der Waals surface area contributed by atoms with Crippen LogP contribution in [0.4, 0.5) is 5.69 Å². The van der Waals surface area contributed by atoms with E-state index >= 15 is 0 Å². The van der Waals surface area contributed by atoms with Crippen LogP contribution in [-0.2, 0) is 0 Å². The number of anilines is 1. The Morgan fingerprint density at radius 2 is 1.76 bits per heavy atom. The SMILES string of the molecule is Oc1ccc2ccccc2c1N1CCNCC1. The largest absolute Gasteiger partial charge is 0.506 e. The van der Waals surface area contributed by atoms with Crippen LogP contribution in [0.1, 0.15) is 0 Å². The first-order chi connectivity index (χ1) is 8.36. The highest BCUT2D eigenvalue weighted by molar-refractivity contribution is 5.97. The monoisotopic (exact) mass is 228 g/mol. The van der Waals surface area contributed by atoms with Crippen LogP contribution in [0.5, 0.6) is 5.75 Å². The average molecular weight is 228 g/mol. The Morgan fingerprint density at radius 3 is 2.59 bits per heavy atom. The number of phenolic OH excluding ortho intramolecular Hbond substituents is 1. The lowest BCUT2D eigenvalue weighted by Gasteiger charge is -2.30. The molecular weight excluding hydrogens is 212 g/mol. The van der Waals surface area contributed by atoms with Gasteiger partial charge in [-0.25, -0.2) is 0 Å². The van der Waals surface area contributed by atoms with Gasteiger partial charge in [0.05, 0.1) is 5.69 Å². The molecule has 2 aromatic carbocycles. The maximum Gasteiger partial charge on any atom is 0.139 e. The predicted octanol–water partition coefficient (Wildman–Crippen LogP) is 1.95. The standard InChI is InChI=1S/C14H16N2O/c17-13-6-5-11-3-1-2-4-12(11)14(13)16-9-7-15-8-10-16/h1-6,15,17H,7-10H2. The van der Waals surface area contributed by atoms with Crippen LogP contribution < -0.4 is 10.2 Å². The molecule has 0 radical (unpaired) electrons. The number of benzene rings is 2. The second kappa shape index (κ2) is 4.26. The number of fused-ring (bicyclic) bond motifs is 1. The van der Waals surface area contributed by atoms with E-state index in [1.165, 1.54) is 5.39 Å². The van der Waals surface area contributed by atoms with Gasteiger partial charge in [-0.05, 0) is 11.5 Å². The molecule has 1 aliphatic rings. The summed E-state index contributed by atoms with van der Waals surface area (Å²) in [6.45, 7) is 3.84. The molecule has 1 heterocycles. The molecule has 17 heavy (non-hydrogen) atoms. The lowest BCUT2D eigenvalue weighted by atomic mass is 10.1. The number of piperazine rings is 1. The molecule has 0 spiro atoms. The van der Waals surface area contributed by atoms with Gasteiger partial charge in [0.25, 0.3) is 0 Å². The van der Waals surface area contributed by atoms with Crippen molar-refractivity contribution in [3.63, 3.8) is 0 Å². The molecular formula is C14H16N2O. The number of nitrogens with one attached hydrogen (secondary N) is 1. The summed E-state index contributed by atoms with van der Waals surface area (Å²) in [6, 6.07) is 12.0. The summed E-state index contributed by atoms with van der Waals surface area (Å²) >= 11 is 0. The maximum absolute atomic E-state index is 10.1. The molecule has 0 aromatic heterocycles. The van der Waals surface area contributed by atoms with Crippen LogP contribution in [0.3, 0.4) is 0 Å². The summed E-state index contributed by atoms with van der Waals surface area (Å²) in [5.41, 5.74) is 0.976. The summed E-state index contributed by atoms with van der Waals surface area (Å²) in [6.07, 6.45) is 0.